The minimum Gasteiger partial charge on any atom is -0.379 e. The van der Waals surface area contributed by atoms with Crippen molar-refractivity contribution in [2.45, 2.75) is 32.9 Å². The minimum absolute atomic E-state index is 0.0803. The fraction of sp³-hybridized carbons (Fsp3) is 0.833. The van der Waals surface area contributed by atoms with E-state index in [0.717, 1.165) is 49.4 Å². The molecule has 1 aliphatic heterocycles. The van der Waals surface area contributed by atoms with E-state index >= 15 is 0 Å². The predicted molar refractivity (Wildman–Crippen MR) is 72.8 cm³/mol. The van der Waals surface area contributed by atoms with Crippen LogP contribution in [0.5, 0.6) is 0 Å². The predicted octanol–water partition coefficient (Wildman–Crippen LogP) is 1.05. The first kappa shape index (κ1) is 13.9. The largest absolute Gasteiger partial charge is 0.379 e. The number of hydrogen-bond donors (Lipinski definition) is 1. The van der Waals surface area contributed by atoms with Gasteiger partial charge in [0.15, 0.2) is 0 Å². The summed E-state index contributed by atoms with van der Waals surface area (Å²) in [6, 6.07) is 0. The lowest BCUT2D eigenvalue weighted by Gasteiger charge is -2.35. The van der Waals surface area contributed by atoms with Gasteiger partial charge in [0.25, 0.3) is 0 Å². The monoisotopic (exact) mass is 270 g/mol. The van der Waals surface area contributed by atoms with Gasteiger partial charge in [0, 0.05) is 25.2 Å². The molecule has 0 bridgehead atoms. The standard InChI is InChI=1S/C12H22N4OS/c1-10-14-15-11(18-10)8-13-12(2,3)9-16-4-6-17-7-5-16/h13H,4-9H2,1-3H3. The van der Waals surface area contributed by atoms with E-state index in [9.17, 15) is 0 Å². The molecule has 2 heterocycles. The van der Waals surface area contributed by atoms with E-state index in [4.69, 9.17) is 4.74 Å². The lowest BCUT2D eigenvalue weighted by atomic mass is 10.0. The van der Waals surface area contributed by atoms with Crippen molar-refractivity contribution >= 4 is 11.3 Å². The van der Waals surface area contributed by atoms with Crippen molar-refractivity contribution in [1.29, 1.82) is 0 Å². The molecule has 1 aromatic heterocycles. The molecule has 1 aliphatic rings. The van der Waals surface area contributed by atoms with Gasteiger partial charge in [-0.2, -0.15) is 0 Å². The highest BCUT2D eigenvalue weighted by Gasteiger charge is 2.22. The average Bonchev–Trinajstić information content (AvgIpc) is 2.74. The summed E-state index contributed by atoms with van der Waals surface area (Å²) in [4.78, 5) is 2.45. The molecule has 1 fully saturated rings. The summed E-state index contributed by atoms with van der Waals surface area (Å²) >= 11 is 1.66. The van der Waals surface area contributed by atoms with Gasteiger partial charge in [0.2, 0.25) is 0 Å². The van der Waals surface area contributed by atoms with Crippen molar-refractivity contribution in [3.63, 3.8) is 0 Å². The van der Waals surface area contributed by atoms with E-state index in [-0.39, 0.29) is 5.54 Å². The summed E-state index contributed by atoms with van der Waals surface area (Å²) in [5.41, 5.74) is 0.0803. The molecule has 0 saturated carbocycles. The lowest BCUT2D eigenvalue weighted by Crippen LogP contribution is -2.51. The molecule has 0 aromatic carbocycles. The molecular weight excluding hydrogens is 248 g/mol. The summed E-state index contributed by atoms with van der Waals surface area (Å²) in [5, 5.41) is 13.8. The van der Waals surface area contributed by atoms with Crippen molar-refractivity contribution in [3.8, 4) is 0 Å². The molecule has 0 amide bonds. The van der Waals surface area contributed by atoms with E-state index < -0.39 is 0 Å². The normalized spacial score (nSPS) is 18.2. The van der Waals surface area contributed by atoms with Gasteiger partial charge in [-0.3, -0.25) is 4.90 Å². The average molecular weight is 270 g/mol. The van der Waals surface area contributed by atoms with Crippen molar-refractivity contribution in [2.75, 3.05) is 32.8 Å². The van der Waals surface area contributed by atoms with Crippen LogP contribution in [0.15, 0.2) is 0 Å². The Morgan fingerprint density at radius 2 is 2.06 bits per heavy atom. The van der Waals surface area contributed by atoms with Crippen LogP contribution in [-0.4, -0.2) is 53.5 Å². The van der Waals surface area contributed by atoms with E-state index in [2.05, 4.69) is 34.3 Å². The zero-order valence-electron chi connectivity index (χ0n) is 11.4. The summed E-state index contributed by atoms with van der Waals surface area (Å²) in [5.74, 6) is 0. The summed E-state index contributed by atoms with van der Waals surface area (Å²) in [6.45, 7) is 12.0. The van der Waals surface area contributed by atoms with Crippen molar-refractivity contribution in [2.24, 2.45) is 0 Å². The smallest absolute Gasteiger partial charge is 0.131 e. The second-order valence-corrected chi connectivity index (χ2v) is 6.61. The van der Waals surface area contributed by atoms with Crippen LogP contribution in [0.4, 0.5) is 0 Å². The molecule has 102 valence electrons. The maximum Gasteiger partial charge on any atom is 0.131 e. The second kappa shape index (κ2) is 6.06. The number of nitrogens with one attached hydrogen (secondary N) is 1. The molecule has 0 aliphatic carbocycles. The Hall–Kier alpha value is -0.560. The van der Waals surface area contributed by atoms with Crippen LogP contribution in [0.1, 0.15) is 23.9 Å². The first-order chi connectivity index (χ1) is 8.55. The van der Waals surface area contributed by atoms with Gasteiger partial charge in [0.05, 0.1) is 19.8 Å². The Labute approximate surface area is 113 Å². The van der Waals surface area contributed by atoms with Crippen LogP contribution in [-0.2, 0) is 11.3 Å². The third-order valence-electron chi connectivity index (χ3n) is 3.01. The lowest BCUT2D eigenvalue weighted by molar-refractivity contribution is 0.0269. The Morgan fingerprint density at radius 3 is 2.67 bits per heavy atom. The third kappa shape index (κ3) is 4.28. The molecule has 1 aromatic rings. The van der Waals surface area contributed by atoms with Crippen molar-refractivity contribution in [1.82, 2.24) is 20.4 Å². The van der Waals surface area contributed by atoms with Crippen molar-refractivity contribution < 1.29 is 4.74 Å². The Bertz CT molecular complexity index is 374. The number of hydrogen-bond acceptors (Lipinski definition) is 6. The number of morpholine rings is 1. The molecule has 5 nitrogen and oxygen atoms in total. The third-order valence-corrected chi connectivity index (χ3v) is 3.85. The molecule has 2 rings (SSSR count). The summed E-state index contributed by atoms with van der Waals surface area (Å²) < 4.78 is 5.37. The number of aryl methyl sites for hydroxylation is 1. The van der Waals surface area contributed by atoms with Crippen LogP contribution in [0.3, 0.4) is 0 Å². The molecular formula is C12H22N4OS. The number of aromatic nitrogens is 2. The van der Waals surface area contributed by atoms with Gasteiger partial charge < -0.3 is 10.1 Å². The van der Waals surface area contributed by atoms with Gasteiger partial charge in [-0.25, -0.2) is 0 Å². The van der Waals surface area contributed by atoms with Crippen LogP contribution >= 0.6 is 11.3 Å². The zero-order chi connectivity index (χ0) is 13.0. The van der Waals surface area contributed by atoms with Crippen LogP contribution in [0.25, 0.3) is 0 Å². The molecule has 0 unspecified atom stereocenters. The Balaban J connectivity index is 1.79. The first-order valence-corrected chi connectivity index (χ1v) is 7.21. The Kier molecular flexibility index (Phi) is 4.66. The highest BCUT2D eigenvalue weighted by Crippen LogP contribution is 2.12. The number of ether oxygens (including phenoxy) is 1. The number of nitrogens with zero attached hydrogens (tertiary/aromatic N) is 3. The molecule has 0 radical (unpaired) electrons. The van der Waals surface area contributed by atoms with Crippen LogP contribution in [0.2, 0.25) is 0 Å². The maximum absolute atomic E-state index is 5.37. The van der Waals surface area contributed by atoms with E-state index in [1.165, 1.54) is 0 Å². The van der Waals surface area contributed by atoms with Crippen molar-refractivity contribution in [3.05, 3.63) is 10.0 Å². The molecule has 6 heteroatoms. The Morgan fingerprint density at radius 1 is 1.33 bits per heavy atom. The maximum atomic E-state index is 5.37. The fourth-order valence-electron chi connectivity index (χ4n) is 2.10. The van der Waals surface area contributed by atoms with E-state index in [0.29, 0.717) is 0 Å². The van der Waals surface area contributed by atoms with Crippen LogP contribution < -0.4 is 5.32 Å². The second-order valence-electron chi connectivity index (χ2n) is 5.34. The minimum atomic E-state index is 0.0803. The number of rotatable bonds is 5. The quantitative estimate of drug-likeness (QED) is 0.866. The van der Waals surface area contributed by atoms with Gasteiger partial charge >= 0.3 is 0 Å². The van der Waals surface area contributed by atoms with Crippen LogP contribution in [0, 0.1) is 6.92 Å². The molecule has 0 spiro atoms. The molecule has 1 saturated heterocycles. The first-order valence-electron chi connectivity index (χ1n) is 6.39. The van der Waals surface area contributed by atoms with E-state index in [1.807, 2.05) is 6.92 Å². The SMILES string of the molecule is Cc1nnc(CNC(C)(C)CN2CCOCC2)s1. The summed E-state index contributed by atoms with van der Waals surface area (Å²) in [6.07, 6.45) is 0. The molecule has 1 N–H and O–H groups in total. The van der Waals surface area contributed by atoms with E-state index in [1.54, 1.807) is 11.3 Å². The molecule has 0 atom stereocenters. The fourth-order valence-corrected chi connectivity index (χ4v) is 2.75. The molecule has 18 heavy (non-hydrogen) atoms. The highest BCUT2D eigenvalue weighted by atomic mass is 32.1. The van der Waals surface area contributed by atoms with Gasteiger partial charge in [0.1, 0.15) is 10.0 Å². The zero-order valence-corrected chi connectivity index (χ0v) is 12.2. The summed E-state index contributed by atoms with van der Waals surface area (Å²) in [7, 11) is 0. The highest BCUT2D eigenvalue weighted by molar-refractivity contribution is 7.11. The van der Waals surface area contributed by atoms with Gasteiger partial charge in [-0.1, -0.05) is 0 Å². The topological polar surface area (TPSA) is 50.3 Å². The van der Waals surface area contributed by atoms with Gasteiger partial charge in [-0.05, 0) is 20.8 Å². The van der Waals surface area contributed by atoms with Gasteiger partial charge in [-0.15, -0.1) is 21.5 Å².